The average molecular weight is 511 g/mol. The Morgan fingerprint density at radius 1 is 0.789 bits per heavy atom. The Balaban J connectivity index is 1.51. The van der Waals surface area contributed by atoms with Gasteiger partial charge in [0.05, 0.1) is 18.3 Å². The van der Waals surface area contributed by atoms with Crippen molar-refractivity contribution in [2.75, 3.05) is 5.32 Å². The van der Waals surface area contributed by atoms with E-state index < -0.39 is 29.3 Å². The topological polar surface area (TPSA) is 63.0 Å². The van der Waals surface area contributed by atoms with E-state index in [1.807, 2.05) is 54.6 Å². The van der Waals surface area contributed by atoms with Crippen LogP contribution in [0.3, 0.4) is 0 Å². The SMILES string of the molecule is CC(Nc1cnn(C(c2ccccc2)(c2ccccc2)c2ccccc2)n1)C(O)Cc1cc(F)cc(F)c1. The summed E-state index contributed by atoms with van der Waals surface area (Å²) in [6.45, 7) is 1.79. The molecule has 1 heterocycles. The summed E-state index contributed by atoms with van der Waals surface area (Å²) in [5, 5.41) is 23.5. The van der Waals surface area contributed by atoms with Gasteiger partial charge >= 0.3 is 0 Å². The van der Waals surface area contributed by atoms with E-state index in [0.717, 1.165) is 22.8 Å². The molecule has 2 atom stereocenters. The van der Waals surface area contributed by atoms with Gasteiger partial charge in [-0.15, -0.1) is 5.10 Å². The summed E-state index contributed by atoms with van der Waals surface area (Å²) < 4.78 is 27.2. The molecule has 192 valence electrons. The van der Waals surface area contributed by atoms with E-state index in [-0.39, 0.29) is 6.42 Å². The van der Waals surface area contributed by atoms with E-state index in [1.165, 1.54) is 12.1 Å². The van der Waals surface area contributed by atoms with Crippen molar-refractivity contribution in [3.63, 3.8) is 0 Å². The number of hydrogen-bond acceptors (Lipinski definition) is 4. The predicted octanol–water partition coefficient (Wildman–Crippen LogP) is 5.80. The Hall–Kier alpha value is -4.36. The minimum atomic E-state index is -0.913. The van der Waals surface area contributed by atoms with Gasteiger partial charge in [0.1, 0.15) is 11.6 Å². The molecule has 5 aromatic rings. The summed E-state index contributed by atoms with van der Waals surface area (Å²) in [6.07, 6.45) is 0.789. The van der Waals surface area contributed by atoms with Crippen LogP contribution in [-0.4, -0.2) is 32.2 Å². The number of rotatable bonds is 9. The highest BCUT2D eigenvalue weighted by Gasteiger charge is 2.40. The van der Waals surface area contributed by atoms with Crippen LogP contribution in [0.2, 0.25) is 0 Å². The quantitative estimate of drug-likeness (QED) is 0.246. The van der Waals surface area contributed by atoms with Crippen LogP contribution in [0.5, 0.6) is 0 Å². The molecule has 0 bridgehead atoms. The molecule has 4 aromatic carbocycles. The molecule has 0 amide bonds. The molecule has 0 aliphatic heterocycles. The number of benzene rings is 4. The molecule has 0 saturated heterocycles. The zero-order chi connectivity index (χ0) is 26.5. The second-order valence-electron chi connectivity index (χ2n) is 9.31. The molecule has 2 unspecified atom stereocenters. The number of anilines is 1. The normalized spacial score (nSPS) is 13.2. The van der Waals surface area contributed by atoms with E-state index in [9.17, 15) is 13.9 Å². The fourth-order valence-electron chi connectivity index (χ4n) is 4.85. The maximum atomic E-state index is 13.6. The zero-order valence-corrected chi connectivity index (χ0v) is 20.9. The van der Waals surface area contributed by atoms with Gasteiger partial charge in [0, 0.05) is 12.5 Å². The van der Waals surface area contributed by atoms with Crippen molar-refractivity contribution in [3.8, 4) is 0 Å². The van der Waals surface area contributed by atoms with Crippen LogP contribution in [0.15, 0.2) is 115 Å². The number of hydrogen-bond donors (Lipinski definition) is 2. The van der Waals surface area contributed by atoms with E-state index in [4.69, 9.17) is 10.2 Å². The van der Waals surface area contributed by atoms with E-state index in [0.29, 0.717) is 11.4 Å². The highest BCUT2D eigenvalue weighted by Crippen LogP contribution is 2.39. The summed E-state index contributed by atoms with van der Waals surface area (Å²) in [6, 6.07) is 33.0. The summed E-state index contributed by atoms with van der Waals surface area (Å²) >= 11 is 0. The summed E-state index contributed by atoms with van der Waals surface area (Å²) in [5.74, 6) is -0.876. The van der Waals surface area contributed by atoms with Crippen molar-refractivity contribution in [2.45, 2.75) is 31.0 Å². The Morgan fingerprint density at radius 3 is 1.74 bits per heavy atom. The molecular formula is C31H28F2N4O. The number of aromatic nitrogens is 3. The third kappa shape index (κ3) is 5.06. The number of halogens is 2. The zero-order valence-electron chi connectivity index (χ0n) is 20.9. The lowest BCUT2D eigenvalue weighted by Crippen LogP contribution is -2.39. The summed E-state index contributed by atoms with van der Waals surface area (Å²) in [5.41, 5.74) is 2.48. The number of nitrogens with one attached hydrogen (secondary N) is 1. The fraction of sp³-hybridized carbons (Fsp3) is 0.161. The molecule has 0 aliphatic rings. The highest BCUT2D eigenvalue weighted by molar-refractivity contribution is 5.50. The Kier molecular flexibility index (Phi) is 7.29. The molecular weight excluding hydrogens is 482 g/mol. The van der Waals surface area contributed by atoms with E-state index >= 15 is 0 Å². The fourth-order valence-corrected chi connectivity index (χ4v) is 4.85. The van der Waals surface area contributed by atoms with Crippen molar-refractivity contribution in [1.82, 2.24) is 15.0 Å². The first-order valence-corrected chi connectivity index (χ1v) is 12.5. The Labute approximate surface area is 220 Å². The van der Waals surface area contributed by atoms with Crippen molar-refractivity contribution in [1.29, 1.82) is 0 Å². The molecule has 5 nitrogen and oxygen atoms in total. The van der Waals surface area contributed by atoms with Gasteiger partial charge in [-0.25, -0.2) is 8.78 Å². The van der Waals surface area contributed by atoms with Crippen molar-refractivity contribution in [2.24, 2.45) is 0 Å². The van der Waals surface area contributed by atoms with Gasteiger partial charge in [-0.05, 0) is 41.3 Å². The molecule has 5 rings (SSSR count). The lowest BCUT2D eigenvalue weighted by atomic mass is 9.77. The number of nitrogens with zero attached hydrogens (tertiary/aromatic N) is 3. The Morgan fingerprint density at radius 2 is 1.26 bits per heavy atom. The van der Waals surface area contributed by atoms with Crippen molar-refractivity contribution < 1.29 is 13.9 Å². The third-order valence-electron chi connectivity index (χ3n) is 6.69. The molecule has 38 heavy (non-hydrogen) atoms. The largest absolute Gasteiger partial charge is 0.391 e. The third-order valence-corrected chi connectivity index (χ3v) is 6.69. The van der Waals surface area contributed by atoms with Gasteiger partial charge in [-0.1, -0.05) is 91.0 Å². The maximum absolute atomic E-state index is 13.6. The van der Waals surface area contributed by atoms with E-state index in [2.05, 4.69) is 41.7 Å². The van der Waals surface area contributed by atoms with Gasteiger partial charge in [0.2, 0.25) is 0 Å². The van der Waals surface area contributed by atoms with Crippen LogP contribution >= 0.6 is 0 Å². The summed E-state index contributed by atoms with van der Waals surface area (Å²) in [7, 11) is 0. The first-order valence-electron chi connectivity index (χ1n) is 12.5. The van der Waals surface area contributed by atoms with Crippen LogP contribution < -0.4 is 5.32 Å². The second kappa shape index (κ2) is 10.9. The predicted molar refractivity (Wildman–Crippen MR) is 144 cm³/mol. The molecule has 0 fully saturated rings. The molecule has 0 aliphatic carbocycles. The van der Waals surface area contributed by atoms with Gasteiger partial charge in [-0.2, -0.15) is 9.90 Å². The lowest BCUT2D eigenvalue weighted by Gasteiger charge is -2.34. The number of aliphatic hydroxyl groups excluding tert-OH is 1. The van der Waals surface area contributed by atoms with Gasteiger partial charge in [-0.3, -0.25) is 0 Å². The average Bonchev–Trinajstić information content (AvgIpc) is 3.39. The van der Waals surface area contributed by atoms with Crippen molar-refractivity contribution in [3.05, 3.63) is 149 Å². The van der Waals surface area contributed by atoms with Crippen molar-refractivity contribution >= 4 is 5.82 Å². The lowest BCUT2D eigenvalue weighted by molar-refractivity contribution is 0.158. The van der Waals surface area contributed by atoms with Crippen LogP contribution in [0.4, 0.5) is 14.6 Å². The molecule has 0 saturated carbocycles. The minimum absolute atomic E-state index is 0.0823. The van der Waals surface area contributed by atoms with Crippen LogP contribution in [0.1, 0.15) is 29.2 Å². The smallest absolute Gasteiger partial charge is 0.168 e. The molecule has 0 radical (unpaired) electrons. The first-order chi connectivity index (χ1) is 18.5. The molecule has 1 aromatic heterocycles. The highest BCUT2D eigenvalue weighted by atomic mass is 19.1. The summed E-state index contributed by atoms with van der Waals surface area (Å²) in [4.78, 5) is 1.69. The number of aliphatic hydroxyl groups is 1. The van der Waals surface area contributed by atoms with E-state index in [1.54, 1.807) is 17.9 Å². The monoisotopic (exact) mass is 510 g/mol. The van der Waals surface area contributed by atoms with Crippen LogP contribution in [-0.2, 0) is 12.0 Å². The van der Waals surface area contributed by atoms with Gasteiger partial charge in [0.25, 0.3) is 0 Å². The van der Waals surface area contributed by atoms with Gasteiger partial charge < -0.3 is 10.4 Å². The minimum Gasteiger partial charge on any atom is -0.391 e. The van der Waals surface area contributed by atoms with Crippen LogP contribution in [0.25, 0.3) is 0 Å². The maximum Gasteiger partial charge on any atom is 0.168 e. The molecule has 0 spiro atoms. The standard InChI is InChI=1S/C31H28F2N4O/c1-22(29(38)19-23-17-27(32)20-28(33)18-23)35-30-21-34-37(36-30)31(24-11-5-2-6-12-24,25-13-7-3-8-14-25)26-15-9-4-10-16-26/h2-18,20-22,29,38H,19H2,1H3,(H,35,36). The second-order valence-corrected chi connectivity index (χ2v) is 9.31. The van der Waals surface area contributed by atoms with Crippen LogP contribution in [0, 0.1) is 11.6 Å². The first kappa shape index (κ1) is 25.3. The molecule has 7 heteroatoms. The Bertz CT molecular complexity index is 1360. The molecule has 2 N–H and O–H groups in total. The van der Waals surface area contributed by atoms with Gasteiger partial charge in [0.15, 0.2) is 11.4 Å².